The first-order valence-corrected chi connectivity index (χ1v) is 7.93. The minimum Gasteiger partial charge on any atom is -0.467 e. The lowest BCUT2D eigenvalue weighted by Crippen LogP contribution is -2.32. The van der Waals surface area contributed by atoms with Crippen molar-refractivity contribution in [3.05, 3.63) is 53.5 Å². The van der Waals surface area contributed by atoms with Crippen molar-refractivity contribution in [2.45, 2.75) is 39.6 Å². The van der Waals surface area contributed by atoms with Gasteiger partial charge in [0.2, 0.25) is 0 Å². The van der Waals surface area contributed by atoms with Crippen LogP contribution in [0.25, 0.3) is 0 Å². The number of hydrogen-bond donors (Lipinski definition) is 3. The number of carbonyl (C=O) groups excluding carboxylic acids is 1. The average Bonchev–Trinajstić information content (AvgIpc) is 3.08. The van der Waals surface area contributed by atoms with E-state index in [1.54, 1.807) is 12.1 Å². The van der Waals surface area contributed by atoms with Crippen LogP contribution in [0.5, 0.6) is 0 Å². The Morgan fingerprint density at radius 2 is 2.08 bits per heavy atom. The molecule has 2 aromatic rings. The standard InChI is InChI=1S/C18H24N2O4/c1-12(2)24-11-14-6-4-7-15(13(14)3)20-18(22)19-10-16(21)17-8-5-9-23-17/h4-9,12,16,21H,10-11H2,1-3H3,(H2,19,20,22). The highest BCUT2D eigenvalue weighted by Crippen LogP contribution is 2.20. The zero-order valence-corrected chi connectivity index (χ0v) is 14.2. The van der Waals surface area contributed by atoms with Gasteiger partial charge in [-0.3, -0.25) is 0 Å². The number of benzene rings is 1. The number of aliphatic hydroxyl groups excluding tert-OH is 1. The van der Waals surface area contributed by atoms with Gasteiger partial charge in [-0.1, -0.05) is 12.1 Å². The Hall–Kier alpha value is -2.31. The number of nitrogens with one attached hydrogen (secondary N) is 2. The number of urea groups is 1. The third-order valence-corrected chi connectivity index (χ3v) is 3.59. The quantitative estimate of drug-likeness (QED) is 0.726. The molecular weight excluding hydrogens is 308 g/mol. The van der Waals surface area contributed by atoms with Gasteiger partial charge in [-0.05, 0) is 50.1 Å². The van der Waals surface area contributed by atoms with Crippen molar-refractivity contribution in [2.75, 3.05) is 11.9 Å². The maximum absolute atomic E-state index is 12.0. The molecule has 1 heterocycles. The Morgan fingerprint density at radius 1 is 1.29 bits per heavy atom. The van der Waals surface area contributed by atoms with Gasteiger partial charge in [0.15, 0.2) is 0 Å². The van der Waals surface area contributed by atoms with E-state index >= 15 is 0 Å². The smallest absolute Gasteiger partial charge is 0.319 e. The molecule has 130 valence electrons. The summed E-state index contributed by atoms with van der Waals surface area (Å²) < 4.78 is 10.7. The second-order valence-corrected chi connectivity index (χ2v) is 5.82. The number of aliphatic hydroxyl groups is 1. The maximum Gasteiger partial charge on any atom is 0.319 e. The predicted molar refractivity (Wildman–Crippen MR) is 91.8 cm³/mol. The summed E-state index contributed by atoms with van der Waals surface area (Å²) in [6.45, 7) is 6.46. The molecule has 0 saturated heterocycles. The molecule has 6 nitrogen and oxygen atoms in total. The number of carbonyl (C=O) groups is 1. The zero-order chi connectivity index (χ0) is 17.5. The minimum atomic E-state index is -0.877. The SMILES string of the molecule is Cc1c(COC(C)C)cccc1NC(=O)NCC(O)c1ccco1. The van der Waals surface area contributed by atoms with Crippen LogP contribution in [0.3, 0.4) is 0 Å². The Labute approximate surface area is 141 Å². The summed E-state index contributed by atoms with van der Waals surface area (Å²) in [5.74, 6) is 0.416. The largest absolute Gasteiger partial charge is 0.467 e. The fourth-order valence-electron chi connectivity index (χ4n) is 2.17. The molecule has 1 aromatic carbocycles. The van der Waals surface area contributed by atoms with Gasteiger partial charge in [0.05, 0.1) is 25.5 Å². The Kier molecular flexibility index (Phi) is 6.40. The summed E-state index contributed by atoms with van der Waals surface area (Å²) in [5.41, 5.74) is 2.70. The molecular formula is C18H24N2O4. The normalized spacial score (nSPS) is 12.2. The highest BCUT2D eigenvalue weighted by Gasteiger charge is 2.13. The van der Waals surface area contributed by atoms with E-state index in [4.69, 9.17) is 9.15 Å². The molecule has 1 aromatic heterocycles. The fraction of sp³-hybridized carbons (Fsp3) is 0.389. The van der Waals surface area contributed by atoms with E-state index in [-0.39, 0.29) is 18.7 Å². The van der Waals surface area contributed by atoms with Crippen molar-refractivity contribution in [3.63, 3.8) is 0 Å². The van der Waals surface area contributed by atoms with Crippen molar-refractivity contribution in [1.29, 1.82) is 0 Å². The Bertz CT molecular complexity index is 653. The molecule has 0 radical (unpaired) electrons. The van der Waals surface area contributed by atoms with Gasteiger partial charge in [0.1, 0.15) is 11.9 Å². The first-order valence-electron chi connectivity index (χ1n) is 7.93. The first-order chi connectivity index (χ1) is 11.5. The van der Waals surface area contributed by atoms with Crippen LogP contribution in [0.2, 0.25) is 0 Å². The lowest BCUT2D eigenvalue weighted by atomic mass is 10.1. The lowest BCUT2D eigenvalue weighted by molar-refractivity contribution is 0.0654. The van der Waals surface area contributed by atoms with Crippen LogP contribution in [0, 0.1) is 6.92 Å². The monoisotopic (exact) mass is 332 g/mol. The van der Waals surface area contributed by atoms with Crippen molar-refractivity contribution in [2.24, 2.45) is 0 Å². The highest BCUT2D eigenvalue weighted by molar-refractivity contribution is 5.90. The molecule has 0 aliphatic heterocycles. The van der Waals surface area contributed by atoms with Crippen molar-refractivity contribution in [3.8, 4) is 0 Å². The number of anilines is 1. The molecule has 0 bridgehead atoms. The molecule has 2 rings (SSSR count). The maximum atomic E-state index is 12.0. The minimum absolute atomic E-state index is 0.0640. The van der Waals surface area contributed by atoms with Gasteiger partial charge < -0.3 is 24.9 Å². The van der Waals surface area contributed by atoms with Crippen molar-refractivity contribution < 1.29 is 19.1 Å². The van der Waals surface area contributed by atoms with Crippen LogP contribution in [0.15, 0.2) is 41.0 Å². The summed E-state index contributed by atoms with van der Waals surface area (Å²) in [6, 6.07) is 8.64. The first kappa shape index (κ1) is 18.0. The van der Waals surface area contributed by atoms with Crippen molar-refractivity contribution >= 4 is 11.7 Å². The molecule has 0 aliphatic carbocycles. The molecule has 0 saturated carbocycles. The highest BCUT2D eigenvalue weighted by atomic mass is 16.5. The molecule has 0 fully saturated rings. The number of furan rings is 1. The van der Waals surface area contributed by atoms with Crippen LogP contribution >= 0.6 is 0 Å². The molecule has 3 N–H and O–H groups in total. The molecule has 0 aliphatic rings. The average molecular weight is 332 g/mol. The molecule has 1 atom stereocenters. The molecule has 6 heteroatoms. The van der Waals surface area contributed by atoms with E-state index in [1.165, 1.54) is 6.26 Å². The topological polar surface area (TPSA) is 83.7 Å². The van der Waals surface area contributed by atoms with Crippen LogP contribution in [0.1, 0.15) is 36.8 Å². The van der Waals surface area contributed by atoms with E-state index in [2.05, 4.69) is 10.6 Å². The summed E-state index contributed by atoms with van der Waals surface area (Å²) >= 11 is 0. The summed E-state index contributed by atoms with van der Waals surface area (Å²) in [5, 5.41) is 15.3. The second kappa shape index (κ2) is 8.52. The number of hydrogen-bond acceptors (Lipinski definition) is 4. The van der Waals surface area contributed by atoms with Crippen LogP contribution in [0.4, 0.5) is 10.5 Å². The fourth-order valence-corrected chi connectivity index (χ4v) is 2.17. The number of rotatable bonds is 7. The van der Waals surface area contributed by atoms with Gasteiger partial charge in [-0.2, -0.15) is 0 Å². The lowest BCUT2D eigenvalue weighted by Gasteiger charge is -2.15. The Balaban J connectivity index is 1.90. The van der Waals surface area contributed by atoms with E-state index in [0.717, 1.165) is 11.1 Å². The third kappa shape index (κ3) is 5.11. The molecule has 24 heavy (non-hydrogen) atoms. The van der Waals surface area contributed by atoms with Crippen LogP contribution < -0.4 is 10.6 Å². The third-order valence-electron chi connectivity index (χ3n) is 3.59. The number of amides is 2. The molecule has 1 unspecified atom stereocenters. The summed E-state index contributed by atoms with van der Waals surface area (Å²) in [6.07, 6.45) is 0.747. The Morgan fingerprint density at radius 3 is 2.75 bits per heavy atom. The van der Waals surface area contributed by atoms with Gasteiger partial charge in [-0.25, -0.2) is 4.79 Å². The van der Waals surface area contributed by atoms with Crippen LogP contribution in [-0.4, -0.2) is 23.8 Å². The van der Waals surface area contributed by atoms with Gasteiger partial charge in [-0.15, -0.1) is 0 Å². The van der Waals surface area contributed by atoms with Gasteiger partial charge in [0, 0.05) is 5.69 Å². The molecule has 2 amide bonds. The van der Waals surface area contributed by atoms with Gasteiger partial charge in [0.25, 0.3) is 0 Å². The summed E-state index contributed by atoms with van der Waals surface area (Å²) in [7, 11) is 0. The van der Waals surface area contributed by atoms with E-state index in [9.17, 15) is 9.90 Å². The van der Waals surface area contributed by atoms with Crippen LogP contribution in [-0.2, 0) is 11.3 Å². The van der Waals surface area contributed by atoms with Crippen molar-refractivity contribution in [1.82, 2.24) is 5.32 Å². The molecule has 0 spiro atoms. The van der Waals surface area contributed by atoms with E-state index in [1.807, 2.05) is 39.0 Å². The second-order valence-electron chi connectivity index (χ2n) is 5.82. The van der Waals surface area contributed by atoms with E-state index in [0.29, 0.717) is 18.1 Å². The summed E-state index contributed by atoms with van der Waals surface area (Å²) in [4.78, 5) is 12.0. The van der Waals surface area contributed by atoms with E-state index < -0.39 is 6.10 Å². The van der Waals surface area contributed by atoms with Gasteiger partial charge >= 0.3 is 6.03 Å². The zero-order valence-electron chi connectivity index (χ0n) is 14.2. The number of ether oxygens (including phenoxy) is 1. The predicted octanol–water partition coefficient (Wildman–Crippen LogP) is 3.37.